The molecule has 0 radical (unpaired) electrons. The Labute approximate surface area is 122 Å². The normalized spacial score (nSPS) is 19.4. The molecule has 0 aromatic carbocycles. The van der Waals surface area contributed by atoms with Crippen LogP contribution in [0.4, 0.5) is 0 Å². The first-order chi connectivity index (χ1) is 9.49. The van der Waals surface area contributed by atoms with E-state index < -0.39 is 0 Å². The number of aryl methyl sites for hydroxylation is 2. The first-order valence-corrected chi connectivity index (χ1v) is 7.63. The quantitative estimate of drug-likeness (QED) is 0.870. The van der Waals surface area contributed by atoms with Crippen molar-refractivity contribution in [3.05, 3.63) is 17.0 Å². The molecule has 114 valence electrons. The topological polar surface area (TPSA) is 36.3 Å². The molecule has 1 aliphatic rings. The number of nitrogens with one attached hydrogen (secondary N) is 1. The zero-order chi connectivity index (χ0) is 14.7. The summed E-state index contributed by atoms with van der Waals surface area (Å²) in [5.41, 5.74) is 3.76. The number of piperazine rings is 1. The van der Waals surface area contributed by atoms with Gasteiger partial charge in [-0.05, 0) is 27.8 Å². The van der Waals surface area contributed by atoms with E-state index in [0.717, 1.165) is 18.8 Å². The van der Waals surface area contributed by atoms with E-state index >= 15 is 0 Å². The van der Waals surface area contributed by atoms with Crippen molar-refractivity contribution in [2.45, 2.75) is 26.8 Å². The van der Waals surface area contributed by atoms with E-state index in [1.807, 2.05) is 11.7 Å². The molecule has 1 atom stereocenters. The summed E-state index contributed by atoms with van der Waals surface area (Å²) in [6.45, 7) is 13.4. The molecule has 2 rings (SSSR count). The maximum atomic E-state index is 4.50. The SMILES string of the molecule is Cc1nn(C)c(C)c1C(C)NCCN1CCN(C)CC1. The zero-order valence-corrected chi connectivity index (χ0v) is 13.6. The van der Waals surface area contributed by atoms with Gasteiger partial charge in [0.2, 0.25) is 0 Å². The van der Waals surface area contributed by atoms with Gasteiger partial charge in [0.1, 0.15) is 0 Å². The monoisotopic (exact) mass is 279 g/mol. The van der Waals surface area contributed by atoms with Crippen molar-refractivity contribution in [2.24, 2.45) is 7.05 Å². The van der Waals surface area contributed by atoms with Gasteiger partial charge >= 0.3 is 0 Å². The largest absolute Gasteiger partial charge is 0.309 e. The lowest BCUT2D eigenvalue weighted by molar-refractivity contribution is 0.154. The van der Waals surface area contributed by atoms with E-state index in [-0.39, 0.29) is 0 Å². The van der Waals surface area contributed by atoms with Crippen LogP contribution in [0.5, 0.6) is 0 Å². The molecule has 1 fully saturated rings. The Bertz CT molecular complexity index is 432. The Morgan fingerprint density at radius 2 is 1.80 bits per heavy atom. The molecule has 1 aromatic rings. The van der Waals surface area contributed by atoms with E-state index in [0.29, 0.717) is 6.04 Å². The van der Waals surface area contributed by atoms with Gasteiger partial charge in [0.05, 0.1) is 5.69 Å². The van der Waals surface area contributed by atoms with Crippen LogP contribution in [0.1, 0.15) is 29.9 Å². The Hall–Kier alpha value is -0.910. The second kappa shape index (κ2) is 6.70. The predicted molar refractivity (Wildman–Crippen MR) is 83.0 cm³/mol. The van der Waals surface area contributed by atoms with Gasteiger partial charge in [-0.1, -0.05) is 0 Å². The van der Waals surface area contributed by atoms with Crippen LogP contribution in [0.2, 0.25) is 0 Å². The lowest BCUT2D eigenvalue weighted by Crippen LogP contribution is -2.46. The summed E-state index contributed by atoms with van der Waals surface area (Å²) in [7, 11) is 4.22. The van der Waals surface area contributed by atoms with Crippen LogP contribution in [0.3, 0.4) is 0 Å². The first kappa shape index (κ1) is 15.5. The molecule has 1 aliphatic heterocycles. The molecule has 20 heavy (non-hydrogen) atoms. The van der Waals surface area contributed by atoms with Gasteiger partial charge in [-0.25, -0.2) is 0 Å². The lowest BCUT2D eigenvalue weighted by Gasteiger charge is -2.32. The van der Waals surface area contributed by atoms with Crippen molar-refractivity contribution >= 4 is 0 Å². The number of aromatic nitrogens is 2. The third kappa shape index (κ3) is 3.59. The standard InChI is InChI=1S/C15H29N5/c1-12(15-13(2)17-19(5)14(15)3)16-6-7-20-10-8-18(4)9-11-20/h12,16H,6-11H2,1-5H3. The van der Waals surface area contributed by atoms with Gasteiger partial charge < -0.3 is 10.2 Å². The van der Waals surface area contributed by atoms with Crippen molar-refractivity contribution < 1.29 is 0 Å². The van der Waals surface area contributed by atoms with E-state index in [1.54, 1.807) is 0 Å². The third-order valence-electron chi connectivity index (χ3n) is 4.47. The van der Waals surface area contributed by atoms with Gasteiger partial charge in [0, 0.05) is 63.6 Å². The number of likely N-dealkylation sites (N-methyl/N-ethyl adjacent to an activating group) is 1. The summed E-state index contributed by atoms with van der Waals surface area (Å²) >= 11 is 0. The Balaban J connectivity index is 1.79. The average Bonchev–Trinajstić information content (AvgIpc) is 2.65. The first-order valence-electron chi connectivity index (χ1n) is 7.63. The summed E-state index contributed by atoms with van der Waals surface area (Å²) in [6, 6.07) is 0.371. The van der Waals surface area contributed by atoms with Crippen LogP contribution in [0.25, 0.3) is 0 Å². The molecule has 0 bridgehead atoms. The van der Waals surface area contributed by atoms with E-state index in [2.05, 4.69) is 48.0 Å². The smallest absolute Gasteiger partial charge is 0.0644 e. The molecule has 5 heteroatoms. The van der Waals surface area contributed by atoms with Crippen molar-refractivity contribution in [2.75, 3.05) is 46.3 Å². The summed E-state index contributed by atoms with van der Waals surface area (Å²) in [4.78, 5) is 4.94. The fourth-order valence-electron chi connectivity index (χ4n) is 3.03. The minimum atomic E-state index is 0.371. The van der Waals surface area contributed by atoms with Crippen molar-refractivity contribution in [1.29, 1.82) is 0 Å². The summed E-state index contributed by atoms with van der Waals surface area (Å²) in [5, 5.41) is 8.14. The highest BCUT2D eigenvalue weighted by Crippen LogP contribution is 2.20. The minimum absolute atomic E-state index is 0.371. The molecular weight excluding hydrogens is 250 g/mol. The summed E-state index contributed by atoms with van der Waals surface area (Å²) < 4.78 is 1.98. The Morgan fingerprint density at radius 1 is 1.15 bits per heavy atom. The maximum Gasteiger partial charge on any atom is 0.0644 e. The third-order valence-corrected chi connectivity index (χ3v) is 4.47. The maximum absolute atomic E-state index is 4.50. The number of nitrogens with zero attached hydrogens (tertiary/aromatic N) is 4. The minimum Gasteiger partial charge on any atom is -0.309 e. The van der Waals surface area contributed by atoms with Gasteiger partial charge in [0.15, 0.2) is 0 Å². The molecule has 0 amide bonds. The molecule has 1 saturated heterocycles. The highest BCUT2D eigenvalue weighted by atomic mass is 15.3. The molecule has 2 heterocycles. The molecule has 1 N–H and O–H groups in total. The predicted octanol–water partition coefficient (Wildman–Crippen LogP) is 0.935. The fraction of sp³-hybridized carbons (Fsp3) is 0.800. The van der Waals surface area contributed by atoms with Crippen LogP contribution in [0, 0.1) is 13.8 Å². The lowest BCUT2D eigenvalue weighted by atomic mass is 10.1. The Kier molecular flexibility index (Phi) is 5.18. The highest BCUT2D eigenvalue weighted by molar-refractivity contribution is 5.27. The Morgan fingerprint density at radius 3 is 2.35 bits per heavy atom. The van der Waals surface area contributed by atoms with Crippen molar-refractivity contribution in [1.82, 2.24) is 24.9 Å². The average molecular weight is 279 g/mol. The van der Waals surface area contributed by atoms with E-state index in [4.69, 9.17) is 0 Å². The molecule has 1 aromatic heterocycles. The van der Waals surface area contributed by atoms with E-state index in [1.165, 1.54) is 37.4 Å². The van der Waals surface area contributed by atoms with Crippen LogP contribution < -0.4 is 5.32 Å². The summed E-state index contributed by atoms with van der Waals surface area (Å²) in [6.07, 6.45) is 0. The second-order valence-electron chi connectivity index (χ2n) is 6.03. The van der Waals surface area contributed by atoms with Gasteiger partial charge in [-0.3, -0.25) is 9.58 Å². The molecule has 0 spiro atoms. The molecule has 5 nitrogen and oxygen atoms in total. The fourth-order valence-corrected chi connectivity index (χ4v) is 3.03. The van der Waals surface area contributed by atoms with Crippen LogP contribution in [-0.2, 0) is 7.05 Å². The van der Waals surface area contributed by atoms with E-state index in [9.17, 15) is 0 Å². The molecule has 0 aliphatic carbocycles. The molecule has 1 unspecified atom stereocenters. The number of rotatable bonds is 5. The number of hydrogen-bond acceptors (Lipinski definition) is 4. The van der Waals surface area contributed by atoms with Crippen LogP contribution in [0.15, 0.2) is 0 Å². The van der Waals surface area contributed by atoms with Gasteiger partial charge in [-0.2, -0.15) is 5.10 Å². The van der Waals surface area contributed by atoms with Crippen molar-refractivity contribution in [3.63, 3.8) is 0 Å². The molecule has 0 saturated carbocycles. The van der Waals surface area contributed by atoms with Crippen LogP contribution in [-0.4, -0.2) is 65.9 Å². The van der Waals surface area contributed by atoms with Crippen LogP contribution >= 0.6 is 0 Å². The molecular formula is C15H29N5. The number of hydrogen-bond donors (Lipinski definition) is 1. The van der Waals surface area contributed by atoms with Gasteiger partial charge in [0.25, 0.3) is 0 Å². The van der Waals surface area contributed by atoms with Crippen molar-refractivity contribution in [3.8, 4) is 0 Å². The highest BCUT2D eigenvalue weighted by Gasteiger charge is 2.17. The summed E-state index contributed by atoms with van der Waals surface area (Å²) in [5.74, 6) is 0. The van der Waals surface area contributed by atoms with Gasteiger partial charge in [-0.15, -0.1) is 0 Å². The zero-order valence-electron chi connectivity index (χ0n) is 13.6. The second-order valence-corrected chi connectivity index (χ2v) is 6.03.